The fourth-order valence-corrected chi connectivity index (χ4v) is 1.38. The monoisotopic (exact) mass is 225 g/mol. The average molecular weight is 225 g/mol. The summed E-state index contributed by atoms with van der Waals surface area (Å²) in [6.45, 7) is 0. The number of hydrogen-bond acceptors (Lipinski definition) is 2. The Bertz CT molecular complexity index is 273. The van der Waals surface area contributed by atoms with Crippen molar-refractivity contribution in [3.05, 3.63) is 0 Å². The molecule has 86 valence electrons. The van der Waals surface area contributed by atoms with Crippen molar-refractivity contribution in [1.29, 1.82) is 0 Å². The Hall–Kier alpha value is -1.27. The summed E-state index contributed by atoms with van der Waals surface area (Å²) in [5.41, 5.74) is 0. The first kappa shape index (κ1) is 11.8. The minimum atomic E-state index is -5.03. The molecule has 1 aliphatic carbocycles. The van der Waals surface area contributed by atoms with Gasteiger partial charge in [-0.3, -0.25) is 4.79 Å². The molecule has 15 heavy (non-hydrogen) atoms. The molecule has 2 N–H and O–H groups in total. The molecule has 0 aromatic carbocycles. The van der Waals surface area contributed by atoms with Gasteiger partial charge in [-0.25, -0.2) is 4.79 Å². The zero-order valence-corrected chi connectivity index (χ0v) is 7.67. The number of carbonyl (C=O) groups is 2. The molecule has 1 fully saturated rings. The number of carboxylic acid groups (broad SMARTS) is 1. The van der Waals surface area contributed by atoms with E-state index in [1.54, 1.807) is 0 Å². The van der Waals surface area contributed by atoms with Gasteiger partial charge < -0.3 is 10.4 Å². The van der Waals surface area contributed by atoms with Crippen molar-refractivity contribution >= 4 is 11.9 Å². The lowest BCUT2D eigenvalue weighted by molar-refractivity contribution is -0.176. The minimum Gasteiger partial charge on any atom is -0.480 e. The summed E-state index contributed by atoms with van der Waals surface area (Å²) in [6, 6.07) is -1.42. The number of hydrogen-bond donors (Lipinski definition) is 2. The van der Waals surface area contributed by atoms with Crippen LogP contribution in [0.25, 0.3) is 0 Å². The number of carbonyl (C=O) groups excluding carboxylic acids is 1. The van der Waals surface area contributed by atoms with E-state index in [-0.39, 0.29) is 5.92 Å². The molecule has 1 amide bonds. The van der Waals surface area contributed by atoms with E-state index in [0.29, 0.717) is 12.8 Å². The zero-order chi connectivity index (χ0) is 11.6. The summed E-state index contributed by atoms with van der Waals surface area (Å²) < 4.78 is 35.6. The SMILES string of the molecule is O=C(O)[C@H](NC(=O)C(F)(F)F)C1CCC1. The second kappa shape index (κ2) is 4.08. The van der Waals surface area contributed by atoms with Gasteiger partial charge >= 0.3 is 18.1 Å². The van der Waals surface area contributed by atoms with Gasteiger partial charge in [-0.15, -0.1) is 0 Å². The molecule has 1 saturated carbocycles. The highest BCUT2D eigenvalue weighted by Crippen LogP contribution is 2.30. The predicted octanol–water partition coefficient (Wildman–Crippen LogP) is 0.918. The third-order valence-corrected chi connectivity index (χ3v) is 2.43. The van der Waals surface area contributed by atoms with Gasteiger partial charge in [0.15, 0.2) is 0 Å². The van der Waals surface area contributed by atoms with Crippen molar-refractivity contribution in [2.45, 2.75) is 31.5 Å². The van der Waals surface area contributed by atoms with Crippen LogP contribution < -0.4 is 5.32 Å². The molecule has 0 radical (unpaired) electrons. The topological polar surface area (TPSA) is 66.4 Å². The van der Waals surface area contributed by atoms with Crippen LogP contribution in [0.5, 0.6) is 0 Å². The van der Waals surface area contributed by atoms with E-state index in [1.807, 2.05) is 0 Å². The number of rotatable bonds is 3. The van der Waals surface area contributed by atoms with Gasteiger partial charge in [0.1, 0.15) is 6.04 Å². The fraction of sp³-hybridized carbons (Fsp3) is 0.750. The third-order valence-electron chi connectivity index (χ3n) is 2.43. The quantitative estimate of drug-likeness (QED) is 0.750. The van der Waals surface area contributed by atoms with Crippen LogP contribution in [0.3, 0.4) is 0 Å². The van der Waals surface area contributed by atoms with Crippen LogP contribution in [0.4, 0.5) is 13.2 Å². The van der Waals surface area contributed by atoms with E-state index in [9.17, 15) is 22.8 Å². The summed E-state index contributed by atoms with van der Waals surface area (Å²) >= 11 is 0. The Kier molecular flexibility index (Phi) is 3.21. The largest absolute Gasteiger partial charge is 0.480 e. The number of halogens is 3. The highest BCUT2D eigenvalue weighted by molar-refractivity contribution is 5.87. The highest BCUT2D eigenvalue weighted by Gasteiger charge is 2.43. The lowest BCUT2D eigenvalue weighted by atomic mass is 9.79. The Morgan fingerprint density at radius 1 is 1.33 bits per heavy atom. The van der Waals surface area contributed by atoms with Gasteiger partial charge in [-0.1, -0.05) is 6.42 Å². The first-order valence-corrected chi connectivity index (χ1v) is 4.43. The number of amides is 1. The second-order valence-corrected chi connectivity index (χ2v) is 3.48. The van der Waals surface area contributed by atoms with E-state index in [0.717, 1.165) is 6.42 Å². The van der Waals surface area contributed by atoms with Gasteiger partial charge in [-0.05, 0) is 18.8 Å². The maximum absolute atomic E-state index is 11.9. The smallest absolute Gasteiger partial charge is 0.471 e. The molecule has 0 spiro atoms. The maximum Gasteiger partial charge on any atom is 0.471 e. The van der Waals surface area contributed by atoms with Crippen LogP contribution in [-0.4, -0.2) is 29.2 Å². The van der Waals surface area contributed by atoms with Gasteiger partial charge in [-0.2, -0.15) is 13.2 Å². The molecule has 0 aliphatic heterocycles. The predicted molar refractivity (Wildman–Crippen MR) is 43.0 cm³/mol. The van der Waals surface area contributed by atoms with E-state index in [2.05, 4.69) is 0 Å². The molecule has 7 heteroatoms. The lowest BCUT2D eigenvalue weighted by Gasteiger charge is -2.31. The second-order valence-electron chi connectivity index (χ2n) is 3.48. The summed E-state index contributed by atoms with van der Waals surface area (Å²) in [5, 5.41) is 10.1. The maximum atomic E-state index is 11.9. The normalized spacial score (nSPS) is 19.1. The van der Waals surface area contributed by atoms with E-state index >= 15 is 0 Å². The molecule has 1 rings (SSSR count). The zero-order valence-electron chi connectivity index (χ0n) is 7.67. The van der Waals surface area contributed by atoms with Crippen LogP contribution in [0.2, 0.25) is 0 Å². The average Bonchev–Trinajstić information content (AvgIpc) is 1.97. The standard InChI is InChI=1S/C8H10F3NO3/c9-8(10,11)7(15)12-5(6(13)14)4-2-1-3-4/h4-5H,1-3H2,(H,12,15)(H,13,14)/t5-/m1/s1. The van der Waals surface area contributed by atoms with Crippen LogP contribution in [-0.2, 0) is 9.59 Å². The summed E-state index contributed by atoms with van der Waals surface area (Å²) in [5.74, 6) is -3.99. The number of carboxylic acids is 1. The number of nitrogens with one attached hydrogen (secondary N) is 1. The molecule has 0 aromatic heterocycles. The lowest BCUT2D eigenvalue weighted by Crippen LogP contribution is -2.51. The van der Waals surface area contributed by atoms with E-state index in [1.165, 1.54) is 5.32 Å². The van der Waals surface area contributed by atoms with Crippen molar-refractivity contribution < 1.29 is 27.9 Å². The molecular weight excluding hydrogens is 215 g/mol. The summed E-state index contributed by atoms with van der Waals surface area (Å²) in [4.78, 5) is 21.1. The van der Waals surface area contributed by atoms with Crippen LogP contribution in [0.15, 0.2) is 0 Å². The summed E-state index contributed by atoms with van der Waals surface area (Å²) in [6.07, 6.45) is -3.17. The Morgan fingerprint density at radius 3 is 2.13 bits per heavy atom. The van der Waals surface area contributed by atoms with E-state index in [4.69, 9.17) is 5.11 Å². The molecule has 0 aromatic rings. The third kappa shape index (κ3) is 2.84. The van der Waals surface area contributed by atoms with Crippen molar-refractivity contribution in [2.75, 3.05) is 0 Å². The number of aliphatic carboxylic acids is 1. The van der Waals surface area contributed by atoms with Gasteiger partial charge in [0, 0.05) is 0 Å². The Balaban J connectivity index is 2.59. The molecule has 4 nitrogen and oxygen atoms in total. The first-order chi connectivity index (χ1) is 6.82. The fourth-order valence-electron chi connectivity index (χ4n) is 1.38. The molecule has 1 aliphatic rings. The van der Waals surface area contributed by atoms with Crippen molar-refractivity contribution in [2.24, 2.45) is 5.92 Å². The van der Waals surface area contributed by atoms with E-state index < -0.39 is 24.1 Å². The number of alkyl halides is 3. The van der Waals surface area contributed by atoms with Crippen LogP contribution in [0, 0.1) is 5.92 Å². The van der Waals surface area contributed by atoms with Gasteiger partial charge in [0.05, 0.1) is 0 Å². The highest BCUT2D eigenvalue weighted by atomic mass is 19.4. The molecule has 0 bridgehead atoms. The molecular formula is C8H10F3NO3. The Labute approximate surface area is 83.5 Å². The van der Waals surface area contributed by atoms with Crippen molar-refractivity contribution in [1.82, 2.24) is 5.32 Å². The van der Waals surface area contributed by atoms with Crippen LogP contribution >= 0.6 is 0 Å². The first-order valence-electron chi connectivity index (χ1n) is 4.43. The van der Waals surface area contributed by atoms with Gasteiger partial charge in [0.25, 0.3) is 0 Å². The molecule has 0 unspecified atom stereocenters. The Morgan fingerprint density at radius 2 is 1.87 bits per heavy atom. The molecule has 0 heterocycles. The van der Waals surface area contributed by atoms with Crippen molar-refractivity contribution in [3.8, 4) is 0 Å². The van der Waals surface area contributed by atoms with Crippen LogP contribution in [0.1, 0.15) is 19.3 Å². The van der Waals surface area contributed by atoms with Crippen molar-refractivity contribution in [3.63, 3.8) is 0 Å². The summed E-state index contributed by atoms with van der Waals surface area (Å²) in [7, 11) is 0. The molecule has 0 saturated heterocycles. The molecule has 1 atom stereocenters. The minimum absolute atomic E-state index is 0.381. The van der Waals surface area contributed by atoms with Gasteiger partial charge in [0.2, 0.25) is 0 Å².